The molecule has 15 heavy (non-hydrogen) atoms. The van der Waals surface area contributed by atoms with Crippen LogP contribution in [0, 0.1) is 12.7 Å². The van der Waals surface area contributed by atoms with Gasteiger partial charge in [0.15, 0.2) is 0 Å². The molecule has 0 fully saturated rings. The normalized spacial score (nSPS) is 19.3. The van der Waals surface area contributed by atoms with Gasteiger partial charge in [0.2, 0.25) is 0 Å². The van der Waals surface area contributed by atoms with E-state index in [-0.39, 0.29) is 5.82 Å². The van der Waals surface area contributed by atoms with Crippen LogP contribution in [0.25, 0.3) is 0 Å². The van der Waals surface area contributed by atoms with Crippen LogP contribution in [0.1, 0.15) is 42.5 Å². The molecule has 1 nitrogen and oxygen atoms in total. The molecule has 0 saturated carbocycles. The predicted octanol–water partition coefficient (Wildman–Crippen LogP) is 3.12. The van der Waals surface area contributed by atoms with Crippen LogP contribution in [-0.2, 0) is 6.42 Å². The molecular formula is C13H18FN. The second kappa shape index (κ2) is 4.31. The lowest BCUT2D eigenvalue weighted by Gasteiger charge is -2.15. The van der Waals surface area contributed by atoms with Gasteiger partial charge in [-0.2, -0.15) is 0 Å². The summed E-state index contributed by atoms with van der Waals surface area (Å²) in [6.07, 6.45) is 3.04. The molecule has 0 amide bonds. The molecule has 0 bridgehead atoms. The molecule has 1 atom stereocenters. The van der Waals surface area contributed by atoms with E-state index < -0.39 is 0 Å². The molecule has 2 rings (SSSR count). The van der Waals surface area contributed by atoms with Crippen LogP contribution in [0.3, 0.4) is 0 Å². The SMILES string of the molecule is CCCNC1CCc2c(F)ccc(C)c21. The van der Waals surface area contributed by atoms with E-state index in [1.165, 1.54) is 11.1 Å². The van der Waals surface area contributed by atoms with Gasteiger partial charge in [-0.05, 0) is 55.5 Å². The summed E-state index contributed by atoms with van der Waals surface area (Å²) < 4.78 is 13.5. The van der Waals surface area contributed by atoms with Crippen molar-refractivity contribution in [1.82, 2.24) is 5.32 Å². The van der Waals surface area contributed by atoms with Crippen LogP contribution in [0.2, 0.25) is 0 Å². The van der Waals surface area contributed by atoms with Crippen LogP contribution in [-0.4, -0.2) is 6.54 Å². The minimum Gasteiger partial charge on any atom is -0.310 e. The fourth-order valence-electron chi connectivity index (χ4n) is 2.45. The van der Waals surface area contributed by atoms with E-state index >= 15 is 0 Å². The molecule has 0 aromatic heterocycles. The van der Waals surface area contributed by atoms with E-state index in [9.17, 15) is 4.39 Å². The third-order valence-corrected chi connectivity index (χ3v) is 3.19. The highest BCUT2D eigenvalue weighted by Crippen LogP contribution is 2.35. The fraction of sp³-hybridized carbons (Fsp3) is 0.538. The highest BCUT2D eigenvalue weighted by molar-refractivity contribution is 5.41. The minimum absolute atomic E-state index is 0.0311. The number of hydrogen-bond donors (Lipinski definition) is 1. The van der Waals surface area contributed by atoms with Crippen LogP contribution in [0.4, 0.5) is 4.39 Å². The predicted molar refractivity (Wildman–Crippen MR) is 60.5 cm³/mol. The third-order valence-electron chi connectivity index (χ3n) is 3.19. The summed E-state index contributed by atoms with van der Waals surface area (Å²) in [4.78, 5) is 0. The summed E-state index contributed by atoms with van der Waals surface area (Å²) in [5, 5.41) is 3.49. The van der Waals surface area contributed by atoms with Gasteiger partial charge in [-0.25, -0.2) is 4.39 Å². The van der Waals surface area contributed by atoms with Gasteiger partial charge in [0, 0.05) is 6.04 Å². The topological polar surface area (TPSA) is 12.0 Å². The number of rotatable bonds is 3. The van der Waals surface area contributed by atoms with E-state index in [4.69, 9.17) is 0 Å². The van der Waals surface area contributed by atoms with Gasteiger partial charge in [0.25, 0.3) is 0 Å². The summed E-state index contributed by atoms with van der Waals surface area (Å²) in [7, 11) is 0. The number of halogens is 1. The van der Waals surface area contributed by atoms with Crippen molar-refractivity contribution in [2.75, 3.05) is 6.54 Å². The smallest absolute Gasteiger partial charge is 0.126 e. The van der Waals surface area contributed by atoms with E-state index in [1.54, 1.807) is 6.07 Å². The zero-order valence-electron chi connectivity index (χ0n) is 9.44. The molecule has 82 valence electrons. The lowest BCUT2D eigenvalue weighted by molar-refractivity contribution is 0.527. The Morgan fingerprint density at radius 3 is 3.00 bits per heavy atom. The Labute approximate surface area is 90.7 Å². The number of benzene rings is 1. The third kappa shape index (κ3) is 1.91. The summed E-state index contributed by atoms with van der Waals surface area (Å²) >= 11 is 0. The van der Waals surface area contributed by atoms with Crippen LogP contribution in [0.5, 0.6) is 0 Å². The molecule has 1 aliphatic rings. The van der Waals surface area contributed by atoms with Gasteiger partial charge < -0.3 is 5.32 Å². The van der Waals surface area contributed by atoms with Crippen molar-refractivity contribution in [3.05, 3.63) is 34.6 Å². The maximum atomic E-state index is 13.5. The molecule has 1 aliphatic carbocycles. The number of aryl methyl sites for hydroxylation is 1. The van der Waals surface area contributed by atoms with Gasteiger partial charge in [-0.3, -0.25) is 0 Å². The van der Waals surface area contributed by atoms with Crippen molar-refractivity contribution in [3.63, 3.8) is 0 Å². The second-order valence-corrected chi connectivity index (χ2v) is 4.30. The molecular weight excluding hydrogens is 189 g/mol. The monoisotopic (exact) mass is 207 g/mol. The highest BCUT2D eigenvalue weighted by Gasteiger charge is 2.25. The lowest BCUT2D eigenvalue weighted by Crippen LogP contribution is -2.20. The Kier molecular flexibility index (Phi) is 3.06. The Morgan fingerprint density at radius 2 is 2.27 bits per heavy atom. The number of hydrogen-bond acceptors (Lipinski definition) is 1. The first kappa shape index (κ1) is 10.6. The Morgan fingerprint density at radius 1 is 1.47 bits per heavy atom. The van der Waals surface area contributed by atoms with E-state index in [0.29, 0.717) is 6.04 Å². The molecule has 1 aromatic rings. The molecule has 1 aromatic carbocycles. The average Bonchev–Trinajstić information content (AvgIpc) is 2.65. The summed E-state index contributed by atoms with van der Waals surface area (Å²) in [6, 6.07) is 3.85. The Balaban J connectivity index is 2.28. The molecule has 0 heterocycles. The van der Waals surface area contributed by atoms with Gasteiger partial charge in [-0.15, -0.1) is 0 Å². The maximum Gasteiger partial charge on any atom is 0.126 e. The number of nitrogens with one attached hydrogen (secondary N) is 1. The molecule has 0 aliphatic heterocycles. The minimum atomic E-state index is -0.0311. The summed E-state index contributed by atoms with van der Waals surface area (Å²) in [6.45, 7) is 5.24. The Bertz CT molecular complexity index is 360. The highest BCUT2D eigenvalue weighted by atomic mass is 19.1. The van der Waals surface area contributed by atoms with Crippen LogP contribution in [0.15, 0.2) is 12.1 Å². The quantitative estimate of drug-likeness (QED) is 0.803. The van der Waals surface area contributed by atoms with Crippen molar-refractivity contribution in [1.29, 1.82) is 0 Å². The molecule has 1 N–H and O–H groups in total. The van der Waals surface area contributed by atoms with Gasteiger partial charge in [0.05, 0.1) is 0 Å². The first-order chi connectivity index (χ1) is 7.24. The average molecular weight is 207 g/mol. The molecule has 1 unspecified atom stereocenters. The number of fused-ring (bicyclic) bond motifs is 1. The van der Waals surface area contributed by atoms with Gasteiger partial charge in [0.1, 0.15) is 5.82 Å². The van der Waals surface area contributed by atoms with Crippen molar-refractivity contribution < 1.29 is 4.39 Å². The first-order valence-corrected chi connectivity index (χ1v) is 5.75. The van der Waals surface area contributed by atoms with E-state index in [2.05, 4.69) is 19.2 Å². The van der Waals surface area contributed by atoms with Gasteiger partial charge >= 0.3 is 0 Å². The molecule has 0 saturated heterocycles. The van der Waals surface area contributed by atoms with Gasteiger partial charge in [-0.1, -0.05) is 13.0 Å². The second-order valence-electron chi connectivity index (χ2n) is 4.30. The molecule has 0 spiro atoms. The summed E-state index contributed by atoms with van der Waals surface area (Å²) in [5.41, 5.74) is 3.37. The summed E-state index contributed by atoms with van der Waals surface area (Å²) in [5.74, 6) is -0.0311. The van der Waals surface area contributed by atoms with Crippen molar-refractivity contribution in [3.8, 4) is 0 Å². The standard InChI is InChI=1S/C13H18FN/c1-3-8-15-12-7-5-10-11(14)6-4-9(2)13(10)12/h4,6,12,15H,3,5,7-8H2,1-2H3. The van der Waals surface area contributed by atoms with E-state index in [1.807, 2.05) is 6.07 Å². The fourth-order valence-corrected chi connectivity index (χ4v) is 2.45. The lowest BCUT2D eigenvalue weighted by atomic mass is 10.0. The zero-order chi connectivity index (χ0) is 10.8. The van der Waals surface area contributed by atoms with Crippen molar-refractivity contribution in [2.24, 2.45) is 0 Å². The van der Waals surface area contributed by atoms with Crippen molar-refractivity contribution in [2.45, 2.75) is 39.2 Å². The van der Waals surface area contributed by atoms with Crippen LogP contribution >= 0.6 is 0 Å². The molecule has 0 radical (unpaired) electrons. The molecule has 2 heteroatoms. The zero-order valence-corrected chi connectivity index (χ0v) is 9.44. The first-order valence-electron chi connectivity index (χ1n) is 5.75. The van der Waals surface area contributed by atoms with Crippen molar-refractivity contribution >= 4 is 0 Å². The largest absolute Gasteiger partial charge is 0.310 e. The van der Waals surface area contributed by atoms with E-state index in [0.717, 1.165) is 31.4 Å². The van der Waals surface area contributed by atoms with Crippen LogP contribution < -0.4 is 5.32 Å². The Hall–Kier alpha value is -0.890. The maximum absolute atomic E-state index is 13.5.